The minimum absolute atomic E-state index is 0.874. The Hall–Kier alpha value is -0.260. The zero-order valence-electron chi connectivity index (χ0n) is 7.41. The van der Waals surface area contributed by atoms with E-state index in [1.54, 1.807) is 11.1 Å². The third-order valence-corrected chi connectivity index (χ3v) is 2.71. The molecule has 0 saturated carbocycles. The van der Waals surface area contributed by atoms with E-state index in [1.807, 2.05) is 0 Å². The van der Waals surface area contributed by atoms with Crippen LogP contribution in [0.1, 0.15) is 46.5 Å². The fourth-order valence-corrected chi connectivity index (χ4v) is 2.08. The summed E-state index contributed by atoms with van der Waals surface area (Å²) in [4.78, 5) is 0. The molecule has 1 aliphatic carbocycles. The van der Waals surface area contributed by atoms with Crippen LogP contribution in [0.5, 0.6) is 0 Å². The molecule has 0 aromatic rings. The molecule has 0 spiro atoms. The van der Waals surface area contributed by atoms with Crippen LogP contribution in [0, 0.1) is 5.92 Å². The first-order valence-corrected chi connectivity index (χ1v) is 4.44. The van der Waals surface area contributed by atoms with Gasteiger partial charge in [-0.05, 0) is 38.5 Å². The summed E-state index contributed by atoms with van der Waals surface area (Å²) in [6.07, 6.45) is 5.46. The van der Waals surface area contributed by atoms with Gasteiger partial charge in [0.15, 0.2) is 0 Å². The highest BCUT2D eigenvalue weighted by atomic mass is 14.2. The Morgan fingerprint density at radius 3 is 2.60 bits per heavy atom. The number of allylic oxidation sites excluding steroid dienone is 2. The molecule has 0 aromatic heterocycles. The third kappa shape index (κ3) is 1.42. The SMILES string of the molecule is CCC1=C(C)CCCC1C. The molecule has 0 heterocycles. The lowest BCUT2D eigenvalue weighted by molar-refractivity contribution is 0.521. The summed E-state index contributed by atoms with van der Waals surface area (Å²) in [5, 5.41) is 0. The fraction of sp³-hybridized carbons (Fsp3) is 0.800. The molecular weight excluding hydrogens is 120 g/mol. The lowest BCUT2D eigenvalue weighted by Gasteiger charge is -2.23. The molecule has 0 amide bonds. The van der Waals surface area contributed by atoms with E-state index in [0.717, 1.165) is 5.92 Å². The highest BCUT2D eigenvalue weighted by Gasteiger charge is 2.14. The van der Waals surface area contributed by atoms with E-state index in [-0.39, 0.29) is 0 Å². The van der Waals surface area contributed by atoms with E-state index in [2.05, 4.69) is 20.8 Å². The van der Waals surface area contributed by atoms with E-state index in [1.165, 1.54) is 25.7 Å². The molecule has 58 valence electrons. The van der Waals surface area contributed by atoms with E-state index in [0.29, 0.717) is 0 Å². The Bertz CT molecular complexity index is 142. The van der Waals surface area contributed by atoms with Gasteiger partial charge in [0.1, 0.15) is 0 Å². The van der Waals surface area contributed by atoms with Crippen LogP contribution in [0.2, 0.25) is 0 Å². The van der Waals surface area contributed by atoms with Crippen LogP contribution in [0.3, 0.4) is 0 Å². The van der Waals surface area contributed by atoms with Crippen molar-refractivity contribution < 1.29 is 0 Å². The summed E-state index contributed by atoms with van der Waals surface area (Å²) in [7, 11) is 0. The molecule has 1 atom stereocenters. The van der Waals surface area contributed by atoms with Gasteiger partial charge in [0, 0.05) is 0 Å². The standard InChI is InChI=1S/C10H18/c1-4-10-8(2)6-5-7-9(10)3/h8H,4-7H2,1-3H3. The molecule has 0 aliphatic heterocycles. The van der Waals surface area contributed by atoms with Gasteiger partial charge in [0.2, 0.25) is 0 Å². The molecule has 10 heavy (non-hydrogen) atoms. The maximum absolute atomic E-state index is 2.36. The quantitative estimate of drug-likeness (QED) is 0.486. The average molecular weight is 138 g/mol. The van der Waals surface area contributed by atoms with Crippen LogP contribution in [0.15, 0.2) is 11.1 Å². The smallest absolute Gasteiger partial charge is 0.0229 e. The summed E-state index contributed by atoms with van der Waals surface area (Å²) >= 11 is 0. The molecule has 0 nitrogen and oxygen atoms in total. The minimum atomic E-state index is 0.874. The number of hydrogen-bond donors (Lipinski definition) is 0. The molecule has 0 N–H and O–H groups in total. The predicted molar refractivity (Wildman–Crippen MR) is 46.0 cm³/mol. The van der Waals surface area contributed by atoms with Crippen molar-refractivity contribution in [3.05, 3.63) is 11.1 Å². The first kappa shape index (κ1) is 7.84. The molecule has 0 aromatic carbocycles. The van der Waals surface area contributed by atoms with E-state index in [4.69, 9.17) is 0 Å². The van der Waals surface area contributed by atoms with Gasteiger partial charge in [-0.2, -0.15) is 0 Å². The molecule has 0 heteroatoms. The topological polar surface area (TPSA) is 0 Å². The van der Waals surface area contributed by atoms with Gasteiger partial charge in [-0.1, -0.05) is 25.0 Å². The second-order valence-corrected chi connectivity index (χ2v) is 3.45. The summed E-state index contributed by atoms with van der Waals surface area (Å²) in [6, 6.07) is 0. The molecule has 0 saturated heterocycles. The predicted octanol–water partition coefficient (Wildman–Crippen LogP) is 3.53. The molecule has 1 unspecified atom stereocenters. The van der Waals surface area contributed by atoms with Crippen LogP contribution in [-0.2, 0) is 0 Å². The number of hydrogen-bond acceptors (Lipinski definition) is 0. The average Bonchev–Trinajstić information content (AvgIpc) is 1.88. The third-order valence-electron chi connectivity index (χ3n) is 2.71. The Morgan fingerprint density at radius 1 is 1.50 bits per heavy atom. The molecular formula is C10H18. The maximum atomic E-state index is 2.36. The Morgan fingerprint density at radius 2 is 2.20 bits per heavy atom. The first-order chi connectivity index (χ1) is 4.75. The van der Waals surface area contributed by atoms with E-state index in [9.17, 15) is 0 Å². The van der Waals surface area contributed by atoms with Gasteiger partial charge < -0.3 is 0 Å². The van der Waals surface area contributed by atoms with Gasteiger partial charge in [-0.3, -0.25) is 0 Å². The van der Waals surface area contributed by atoms with Crippen LogP contribution >= 0.6 is 0 Å². The highest BCUT2D eigenvalue weighted by Crippen LogP contribution is 2.31. The molecule has 1 aliphatic rings. The van der Waals surface area contributed by atoms with Gasteiger partial charge >= 0.3 is 0 Å². The van der Waals surface area contributed by atoms with Crippen LogP contribution in [0.25, 0.3) is 0 Å². The van der Waals surface area contributed by atoms with E-state index >= 15 is 0 Å². The van der Waals surface area contributed by atoms with Crippen LogP contribution in [-0.4, -0.2) is 0 Å². The van der Waals surface area contributed by atoms with Gasteiger partial charge in [-0.25, -0.2) is 0 Å². The minimum Gasteiger partial charge on any atom is -0.0739 e. The van der Waals surface area contributed by atoms with Gasteiger partial charge in [0.05, 0.1) is 0 Å². The fourth-order valence-electron chi connectivity index (χ4n) is 2.08. The Labute approximate surface area is 64.3 Å². The van der Waals surface area contributed by atoms with Crippen molar-refractivity contribution in [2.45, 2.75) is 46.5 Å². The lowest BCUT2D eigenvalue weighted by Crippen LogP contribution is -2.06. The van der Waals surface area contributed by atoms with Gasteiger partial charge in [-0.15, -0.1) is 0 Å². The Balaban J connectivity index is 2.73. The zero-order chi connectivity index (χ0) is 7.56. The second kappa shape index (κ2) is 3.23. The Kier molecular flexibility index (Phi) is 2.53. The highest BCUT2D eigenvalue weighted by molar-refractivity contribution is 5.16. The molecule has 1 rings (SSSR count). The lowest BCUT2D eigenvalue weighted by atomic mass is 9.83. The van der Waals surface area contributed by atoms with Crippen molar-refractivity contribution in [2.24, 2.45) is 5.92 Å². The second-order valence-electron chi connectivity index (χ2n) is 3.45. The van der Waals surface area contributed by atoms with Crippen molar-refractivity contribution in [2.75, 3.05) is 0 Å². The van der Waals surface area contributed by atoms with Crippen molar-refractivity contribution >= 4 is 0 Å². The van der Waals surface area contributed by atoms with Crippen molar-refractivity contribution in [1.29, 1.82) is 0 Å². The summed E-state index contributed by atoms with van der Waals surface area (Å²) in [5.41, 5.74) is 3.40. The first-order valence-electron chi connectivity index (χ1n) is 4.44. The molecule has 0 bridgehead atoms. The van der Waals surface area contributed by atoms with Crippen molar-refractivity contribution in [3.63, 3.8) is 0 Å². The van der Waals surface area contributed by atoms with Gasteiger partial charge in [0.25, 0.3) is 0 Å². The number of rotatable bonds is 1. The van der Waals surface area contributed by atoms with Crippen molar-refractivity contribution in [1.82, 2.24) is 0 Å². The summed E-state index contributed by atoms with van der Waals surface area (Å²) in [6.45, 7) is 6.94. The summed E-state index contributed by atoms with van der Waals surface area (Å²) in [5.74, 6) is 0.874. The molecule has 0 radical (unpaired) electrons. The van der Waals surface area contributed by atoms with E-state index < -0.39 is 0 Å². The van der Waals surface area contributed by atoms with Crippen LogP contribution < -0.4 is 0 Å². The van der Waals surface area contributed by atoms with Crippen LogP contribution in [0.4, 0.5) is 0 Å². The zero-order valence-corrected chi connectivity index (χ0v) is 7.41. The largest absolute Gasteiger partial charge is 0.0739 e. The van der Waals surface area contributed by atoms with Crippen molar-refractivity contribution in [3.8, 4) is 0 Å². The molecule has 0 fully saturated rings. The maximum Gasteiger partial charge on any atom is -0.0229 e. The summed E-state index contributed by atoms with van der Waals surface area (Å²) < 4.78 is 0. The normalized spacial score (nSPS) is 27.3. The monoisotopic (exact) mass is 138 g/mol.